The minimum atomic E-state index is 0.238. The highest BCUT2D eigenvalue weighted by Gasteiger charge is 2.13. The second-order valence-corrected chi connectivity index (χ2v) is 6.08. The Hall–Kier alpha value is -2.03. The van der Waals surface area contributed by atoms with Gasteiger partial charge in [0.25, 0.3) is 0 Å². The van der Waals surface area contributed by atoms with Gasteiger partial charge in [0, 0.05) is 31.4 Å². The van der Waals surface area contributed by atoms with Crippen LogP contribution in [0.25, 0.3) is 0 Å². The molecule has 0 aliphatic rings. The predicted octanol–water partition coefficient (Wildman–Crippen LogP) is 4.38. The van der Waals surface area contributed by atoms with Crippen molar-refractivity contribution in [2.24, 2.45) is 0 Å². The summed E-state index contributed by atoms with van der Waals surface area (Å²) in [5, 5.41) is 0. The molecule has 0 spiro atoms. The summed E-state index contributed by atoms with van der Waals surface area (Å²) in [4.78, 5) is 14.2. The molecule has 3 nitrogen and oxygen atoms in total. The maximum Gasteiger partial charge on any atom is 0.222 e. The molecule has 0 unspecified atom stereocenters. The number of carbonyl (C=O) groups is 1. The van der Waals surface area contributed by atoms with Gasteiger partial charge in [-0.2, -0.15) is 0 Å². The Balaban J connectivity index is 2.13. The number of unbranched alkanes of at least 4 members (excludes halogenated alkanes) is 1. The summed E-state index contributed by atoms with van der Waals surface area (Å²) in [6.45, 7) is 8.65. The second-order valence-electron chi connectivity index (χ2n) is 6.08. The van der Waals surface area contributed by atoms with Crippen molar-refractivity contribution >= 4 is 5.91 Å². The van der Waals surface area contributed by atoms with E-state index in [1.54, 1.807) is 0 Å². The van der Waals surface area contributed by atoms with E-state index in [2.05, 4.69) is 61.0 Å². The number of nitrogens with zero attached hydrogens (tertiary/aromatic N) is 2. The van der Waals surface area contributed by atoms with Crippen LogP contribution in [0.15, 0.2) is 42.6 Å². The average Bonchev–Trinajstić information content (AvgIpc) is 2.99. The summed E-state index contributed by atoms with van der Waals surface area (Å²) < 4.78 is 2.25. The monoisotopic (exact) mass is 312 g/mol. The van der Waals surface area contributed by atoms with Gasteiger partial charge >= 0.3 is 0 Å². The number of amides is 1. The van der Waals surface area contributed by atoms with Gasteiger partial charge < -0.3 is 9.47 Å². The molecule has 1 aromatic carbocycles. The van der Waals surface area contributed by atoms with Gasteiger partial charge in [-0.3, -0.25) is 4.79 Å². The van der Waals surface area contributed by atoms with E-state index in [0.717, 1.165) is 25.9 Å². The fraction of sp³-hybridized carbons (Fsp3) is 0.450. The molecule has 1 heterocycles. The lowest BCUT2D eigenvalue weighted by molar-refractivity contribution is -0.131. The molecule has 2 aromatic rings. The van der Waals surface area contributed by atoms with Crippen LogP contribution in [0.2, 0.25) is 0 Å². The summed E-state index contributed by atoms with van der Waals surface area (Å²) in [5.41, 5.74) is 3.83. The molecule has 23 heavy (non-hydrogen) atoms. The number of aryl methyl sites for hydroxylation is 1. The van der Waals surface area contributed by atoms with E-state index in [1.807, 2.05) is 11.8 Å². The molecule has 0 bridgehead atoms. The first-order chi connectivity index (χ1) is 11.2. The van der Waals surface area contributed by atoms with Gasteiger partial charge in [0.05, 0.1) is 6.54 Å². The molecule has 0 radical (unpaired) electrons. The van der Waals surface area contributed by atoms with Crippen LogP contribution in [-0.2, 0) is 17.9 Å². The highest BCUT2D eigenvalue weighted by Crippen LogP contribution is 2.14. The maximum atomic E-state index is 12.2. The summed E-state index contributed by atoms with van der Waals surface area (Å²) >= 11 is 0. The van der Waals surface area contributed by atoms with Crippen LogP contribution >= 0.6 is 0 Å². The van der Waals surface area contributed by atoms with Crippen molar-refractivity contribution in [3.63, 3.8) is 0 Å². The molecular formula is C20H28N2O. The second kappa shape index (κ2) is 8.56. The van der Waals surface area contributed by atoms with E-state index in [1.165, 1.54) is 16.8 Å². The standard InChI is InChI=1S/C20H28N2O/c1-4-6-13-22(20(23)5-2)16-19-12-9-14-21(19)15-18-11-8-7-10-17(18)3/h7-12,14H,4-6,13,15-16H2,1-3H3. The van der Waals surface area contributed by atoms with Crippen LogP contribution in [0.5, 0.6) is 0 Å². The molecule has 0 saturated carbocycles. The van der Waals surface area contributed by atoms with E-state index in [0.29, 0.717) is 13.0 Å². The van der Waals surface area contributed by atoms with Crippen molar-refractivity contribution in [1.82, 2.24) is 9.47 Å². The lowest BCUT2D eigenvalue weighted by Gasteiger charge is -2.23. The zero-order chi connectivity index (χ0) is 16.7. The Morgan fingerprint density at radius 1 is 1.13 bits per heavy atom. The van der Waals surface area contributed by atoms with Crippen molar-refractivity contribution < 1.29 is 4.79 Å². The number of aromatic nitrogens is 1. The van der Waals surface area contributed by atoms with Crippen LogP contribution < -0.4 is 0 Å². The Labute approximate surface area is 139 Å². The molecule has 0 atom stereocenters. The smallest absolute Gasteiger partial charge is 0.222 e. The van der Waals surface area contributed by atoms with Gasteiger partial charge in [0.1, 0.15) is 0 Å². The van der Waals surface area contributed by atoms with E-state index >= 15 is 0 Å². The number of benzene rings is 1. The van der Waals surface area contributed by atoms with E-state index in [9.17, 15) is 4.79 Å². The van der Waals surface area contributed by atoms with Gasteiger partial charge in [-0.15, -0.1) is 0 Å². The van der Waals surface area contributed by atoms with Crippen LogP contribution in [0, 0.1) is 6.92 Å². The number of carbonyl (C=O) groups excluding carboxylic acids is 1. The number of hydrogen-bond acceptors (Lipinski definition) is 1. The van der Waals surface area contributed by atoms with E-state index in [4.69, 9.17) is 0 Å². The average molecular weight is 312 g/mol. The predicted molar refractivity (Wildman–Crippen MR) is 95.3 cm³/mol. The molecule has 3 heteroatoms. The summed E-state index contributed by atoms with van der Waals surface area (Å²) in [6, 6.07) is 12.7. The Morgan fingerprint density at radius 3 is 2.61 bits per heavy atom. The molecule has 2 rings (SSSR count). The largest absolute Gasteiger partial charge is 0.345 e. The van der Waals surface area contributed by atoms with Gasteiger partial charge in [-0.05, 0) is 36.6 Å². The molecule has 0 fully saturated rings. The van der Waals surface area contributed by atoms with Crippen molar-refractivity contribution in [2.75, 3.05) is 6.54 Å². The molecule has 1 aromatic heterocycles. The fourth-order valence-corrected chi connectivity index (χ4v) is 2.78. The molecule has 0 saturated heterocycles. The molecule has 1 amide bonds. The van der Waals surface area contributed by atoms with Gasteiger partial charge in [-0.1, -0.05) is 44.5 Å². The number of rotatable bonds is 8. The topological polar surface area (TPSA) is 25.2 Å². The SMILES string of the molecule is CCCCN(Cc1cccn1Cc1ccccc1C)C(=O)CC. The van der Waals surface area contributed by atoms with E-state index in [-0.39, 0.29) is 5.91 Å². The molecular weight excluding hydrogens is 284 g/mol. The lowest BCUT2D eigenvalue weighted by Crippen LogP contribution is -2.31. The molecule has 0 aliphatic carbocycles. The molecule has 124 valence electrons. The first-order valence-electron chi connectivity index (χ1n) is 8.62. The maximum absolute atomic E-state index is 12.2. The summed E-state index contributed by atoms with van der Waals surface area (Å²) in [7, 11) is 0. The normalized spacial score (nSPS) is 10.7. The van der Waals surface area contributed by atoms with Crippen LogP contribution in [0.4, 0.5) is 0 Å². The van der Waals surface area contributed by atoms with Gasteiger partial charge in [-0.25, -0.2) is 0 Å². The highest BCUT2D eigenvalue weighted by molar-refractivity contribution is 5.75. The molecule has 0 aliphatic heterocycles. The minimum absolute atomic E-state index is 0.238. The molecule has 0 N–H and O–H groups in total. The van der Waals surface area contributed by atoms with Gasteiger partial charge in [0.15, 0.2) is 0 Å². The Kier molecular flexibility index (Phi) is 6.45. The highest BCUT2D eigenvalue weighted by atomic mass is 16.2. The third kappa shape index (κ3) is 4.72. The van der Waals surface area contributed by atoms with Gasteiger partial charge in [0.2, 0.25) is 5.91 Å². The quantitative estimate of drug-likeness (QED) is 0.710. The summed E-state index contributed by atoms with van der Waals surface area (Å²) in [6.07, 6.45) is 4.85. The van der Waals surface area contributed by atoms with Crippen molar-refractivity contribution in [2.45, 2.75) is 53.1 Å². The van der Waals surface area contributed by atoms with Crippen LogP contribution in [-0.4, -0.2) is 21.9 Å². The van der Waals surface area contributed by atoms with Crippen molar-refractivity contribution in [1.29, 1.82) is 0 Å². The first kappa shape index (κ1) is 17.3. The third-order valence-corrected chi connectivity index (χ3v) is 4.32. The van der Waals surface area contributed by atoms with E-state index < -0.39 is 0 Å². The van der Waals surface area contributed by atoms with Crippen molar-refractivity contribution in [3.05, 3.63) is 59.4 Å². The van der Waals surface area contributed by atoms with Crippen LogP contribution in [0.3, 0.4) is 0 Å². The Morgan fingerprint density at radius 2 is 1.91 bits per heavy atom. The van der Waals surface area contributed by atoms with Crippen molar-refractivity contribution in [3.8, 4) is 0 Å². The third-order valence-electron chi connectivity index (χ3n) is 4.32. The minimum Gasteiger partial charge on any atom is -0.345 e. The zero-order valence-corrected chi connectivity index (χ0v) is 14.6. The van der Waals surface area contributed by atoms with Crippen LogP contribution in [0.1, 0.15) is 49.9 Å². The first-order valence-corrected chi connectivity index (χ1v) is 8.62. The fourth-order valence-electron chi connectivity index (χ4n) is 2.78. The summed E-state index contributed by atoms with van der Waals surface area (Å²) in [5.74, 6) is 0.238. The number of hydrogen-bond donors (Lipinski definition) is 0. The lowest BCUT2D eigenvalue weighted by atomic mass is 10.1. The Bertz CT molecular complexity index is 630. The zero-order valence-electron chi connectivity index (χ0n) is 14.6.